The van der Waals surface area contributed by atoms with Crippen molar-refractivity contribution in [3.05, 3.63) is 48.4 Å². The predicted molar refractivity (Wildman–Crippen MR) is 80.3 cm³/mol. The van der Waals surface area contributed by atoms with E-state index < -0.39 is 12.1 Å². The second kappa shape index (κ2) is 5.94. The highest BCUT2D eigenvalue weighted by molar-refractivity contribution is 7.22. The average Bonchev–Trinajstić information content (AvgIpc) is 3.13. The Morgan fingerprint density at radius 2 is 2.19 bits per heavy atom. The van der Waals surface area contributed by atoms with Gasteiger partial charge in [-0.3, -0.25) is 5.32 Å². The van der Waals surface area contributed by atoms with Gasteiger partial charge in [0.15, 0.2) is 5.13 Å². The number of hydrogen-bond acceptors (Lipinski definition) is 5. The van der Waals surface area contributed by atoms with Gasteiger partial charge in [-0.2, -0.15) is 0 Å². The van der Waals surface area contributed by atoms with E-state index >= 15 is 0 Å². The molecule has 0 saturated carbocycles. The molecule has 2 amide bonds. The summed E-state index contributed by atoms with van der Waals surface area (Å²) in [4.78, 5) is 16.1. The van der Waals surface area contributed by atoms with Crippen LogP contribution in [0.3, 0.4) is 0 Å². The van der Waals surface area contributed by atoms with Crippen LogP contribution in [0.5, 0.6) is 0 Å². The molecule has 0 spiro atoms. The number of amides is 2. The summed E-state index contributed by atoms with van der Waals surface area (Å²) in [7, 11) is 0. The lowest BCUT2D eigenvalue weighted by Gasteiger charge is -2.09. The van der Waals surface area contributed by atoms with Crippen LogP contribution in [0, 0.1) is 0 Å². The first-order chi connectivity index (χ1) is 10.2. The molecular formula is C14H13N3O3S. The highest BCUT2D eigenvalue weighted by Gasteiger charge is 2.12. The van der Waals surface area contributed by atoms with Gasteiger partial charge in [-0.1, -0.05) is 23.5 Å². The van der Waals surface area contributed by atoms with E-state index in [-0.39, 0.29) is 6.54 Å². The summed E-state index contributed by atoms with van der Waals surface area (Å²) >= 11 is 1.39. The van der Waals surface area contributed by atoms with Crippen LogP contribution in [0.2, 0.25) is 0 Å². The van der Waals surface area contributed by atoms with Crippen molar-refractivity contribution in [2.24, 2.45) is 0 Å². The molecule has 7 heteroatoms. The third kappa shape index (κ3) is 3.21. The number of carbonyl (C=O) groups is 1. The van der Waals surface area contributed by atoms with E-state index in [1.807, 2.05) is 24.3 Å². The molecule has 3 aromatic rings. The van der Waals surface area contributed by atoms with Gasteiger partial charge in [0.2, 0.25) is 0 Å². The Morgan fingerprint density at radius 3 is 2.95 bits per heavy atom. The zero-order valence-electron chi connectivity index (χ0n) is 10.9. The number of fused-ring (bicyclic) bond motifs is 1. The number of rotatable bonds is 4. The number of aliphatic hydroxyl groups excluding tert-OH is 1. The molecule has 108 valence electrons. The van der Waals surface area contributed by atoms with Gasteiger partial charge in [0, 0.05) is 0 Å². The highest BCUT2D eigenvalue weighted by atomic mass is 32.1. The molecule has 1 unspecified atom stereocenters. The Balaban J connectivity index is 1.56. The summed E-state index contributed by atoms with van der Waals surface area (Å²) in [5.41, 5.74) is 0.841. The minimum absolute atomic E-state index is 0.0598. The largest absolute Gasteiger partial charge is 0.467 e. The second-order valence-electron chi connectivity index (χ2n) is 4.35. The van der Waals surface area contributed by atoms with Gasteiger partial charge >= 0.3 is 6.03 Å². The number of carbonyl (C=O) groups excluding carboxylic acids is 1. The van der Waals surface area contributed by atoms with E-state index in [2.05, 4.69) is 15.6 Å². The van der Waals surface area contributed by atoms with E-state index in [0.29, 0.717) is 10.9 Å². The number of aliphatic hydroxyl groups is 1. The van der Waals surface area contributed by atoms with Crippen molar-refractivity contribution in [2.75, 3.05) is 11.9 Å². The fourth-order valence-electron chi connectivity index (χ4n) is 1.84. The molecule has 2 aromatic heterocycles. The summed E-state index contributed by atoms with van der Waals surface area (Å²) in [6.07, 6.45) is 0.598. The molecular weight excluding hydrogens is 290 g/mol. The maximum absolute atomic E-state index is 11.8. The molecule has 0 aliphatic rings. The smallest absolute Gasteiger partial charge is 0.321 e. The standard InChI is InChI=1S/C14H13N3O3S/c18-10(11-5-3-7-20-11)8-15-13(19)17-14-16-9-4-1-2-6-12(9)21-14/h1-7,10,18H,8H2,(H2,15,16,17,19). The molecule has 3 N–H and O–H groups in total. The Hall–Kier alpha value is -2.38. The van der Waals surface area contributed by atoms with Crippen molar-refractivity contribution in [2.45, 2.75) is 6.10 Å². The fraction of sp³-hybridized carbons (Fsp3) is 0.143. The fourth-order valence-corrected chi connectivity index (χ4v) is 2.70. The van der Waals surface area contributed by atoms with Crippen molar-refractivity contribution in [1.29, 1.82) is 0 Å². The maximum atomic E-state index is 11.8. The molecule has 0 aliphatic carbocycles. The van der Waals surface area contributed by atoms with E-state index in [1.165, 1.54) is 17.6 Å². The molecule has 0 radical (unpaired) electrons. The Kier molecular flexibility index (Phi) is 3.85. The number of nitrogens with zero attached hydrogens (tertiary/aromatic N) is 1. The molecule has 0 bridgehead atoms. The van der Waals surface area contributed by atoms with Crippen LogP contribution in [-0.4, -0.2) is 22.7 Å². The van der Waals surface area contributed by atoms with Gasteiger partial charge in [-0.15, -0.1) is 0 Å². The number of benzene rings is 1. The van der Waals surface area contributed by atoms with Crippen molar-refractivity contribution >= 4 is 32.7 Å². The monoisotopic (exact) mass is 303 g/mol. The van der Waals surface area contributed by atoms with Crippen molar-refractivity contribution in [3.8, 4) is 0 Å². The van der Waals surface area contributed by atoms with Gasteiger partial charge in [0.1, 0.15) is 11.9 Å². The van der Waals surface area contributed by atoms with Crippen LogP contribution in [0.1, 0.15) is 11.9 Å². The minimum atomic E-state index is -0.874. The Bertz CT molecular complexity index is 706. The van der Waals surface area contributed by atoms with Crippen LogP contribution >= 0.6 is 11.3 Å². The number of furan rings is 1. The normalized spacial score (nSPS) is 12.2. The lowest BCUT2D eigenvalue weighted by Crippen LogP contribution is -2.32. The molecule has 1 aromatic carbocycles. The number of nitrogens with one attached hydrogen (secondary N) is 2. The first-order valence-electron chi connectivity index (χ1n) is 6.34. The van der Waals surface area contributed by atoms with Crippen LogP contribution < -0.4 is 10.6 Å². The van der Waals surface area contributed by atoms with Crippen LogP contribution in [-0.2, 0) is 0 Å². The van der Waals surface area contributed by atoms with Gasteiger partial charge in [0.25, 0.3) is 0 Å². The predicted octanol–water partition coefficient (Wildman–Crippen LogP) is 2.74. The lowest BCUT2D eigenvalue weighted by atomic mass is 10.3. The number of urea groups is 1. The number of anilines is 1. The third-order valence-corrected chi connectivity index (χ3v) is 3.79. The number of para-hydroxylation sites is 1. The van der Waals surface area contributed by atoms with Crippen molar-refractivity contribution < 1.29 is 14.3 Å². The molecule has 6 nitrogen and oxygen atoms in total. The number of thiazole rings is 1. The van der Waals surface area contributed by atoms with E-state index in [9.17, 15) is 9.90 Å². The third-order valence-electron chi connectivity index (χ3n) is 2.84. The molecule has 1 atom stereocenters. The topological polar surface area (TPSA) is 87.4 Å². The quantitative estimate of drug-likeness (QED) is 0.691. The molecule has 0 aliphatic heterocycles. The summed E-state index contributed by atoms with van der Waals surface area (Å²) < 4.78 is 6.06. The summed E-state index contributed by atoms with van der Waals surface area (Å²) in [6.45, 7) is 0.0598. The van der Waals surface area contributed by atoms with Gasteiger partial charge in [-0.25, -0.2) is 9.78 Å². The Labute approximate surface area is 124 Å². The SMILES string of the molecule is O=C(NCC(O)c1ccco1)Nc1nc2ccccc2s1. The van der Waals surface area contributed by atoms with Gasteiger partial charge in [-0.05, 0) is 24.3 Å². The molecule has 0 fully saturated rings. The first kappa shape index (κ1) is 13.6. The molecule has 2 heterocycles. The summed E-state index contributed by atoms with van der Waals surface area (Å²) in [5, 5.41) is 15.5. The minimum Gasteiger partial charge on any atom is -0.467 e. The zero-order chi connectivity index (χ0) is 14.7. The van der Waals surface area contributed by atoms with E-state index in [0.717, 1.165) is 10.2 Å². The molecule has 0 saturated heterocycles. The van der Waals surface area contributed by atoms with Gasteiger partial charge < -0.3 is 14.8 Å². The van der Waals surface area contributed by atoms with Gasteiger partial charge in [0.05, 0.1) is 23.0 Å². The van der Waals surface area contributed by atoms with E-state index in [4.69, 9.17) is 4.42 Å². The van der Waals surface area contributed by atoms with Crippen molar-refractivity contribution in [1.82, 2.24) is 10.3 Å². The van der Waals surface area contributed by atoms with E-state index in [1.54, 1.807) is 12.1 Å². The number of aromatic nitrogens is 1. The van der Waals surface area contributed by atoms with Crippen LogP contribution in [0.4, 0.5) is 9.93 Å². The first-order valence-corrected chi connectivity index (χ1v) is 7.16. The highest BCUT2D eigenvalue weighted by Crippen LogP contribution is 2.25. The van der Waals surface area contributed by atoms with Crippen LogP contribution in [0.25, 0.3) is 10.2 Å². The summed E-state index contributed by atoms with van der Waals surface area (Å²) in [5.74, 6) is 0.412. The second-order valence-corrected chi connectivity index (χ2v) is 5.38. The lowest BCUT2D eigenvalue weighted by molar-refractivity contribution is 0.149. The molecule has 3 rings (SSSR count). The van der Waals surface area contributed by atoms with Crippen LogP contribution in [0.15, 0.2) is 47.1 Å². The summed E-state index contributed by atoms with van der Waals surface area (Å²) in [6, 6.07) is 10.6. The maximum Gasteiger partial charge on any atom is 0.321 e. The molecule has 21 heavy (non-hydrogen) atoms. The zero-order valence-corrected chi connectivity index (χ0v) is 11.8. The Morgan fingerprint density at radius 1 is 1.33 bits per heavy atom. The number of hydrogen-bond donors (Lipinski definition) is 3. The average molecular weight is 303 g/mol. The van der Waals surface area contributed by atoms with Crippen molar-refractivity contribution in [3.63, 3.8) is 0 Å².